The Bertz CT molecular complexity index is 946. The van der Waals surface area contributed by atoms with Crippen LogP contribution in [0.2, 0.25) is 0 Å². The van der Waals surface area contributed by atoms with Crippen LogP contribution in [-0.2, 0) is 0 Å². The number of carbonyl (C=O) groups is 1. The van der Waals surface area contributed by atoms with Crippen molar-refractivity contribution in [2.24, 2.45) is 0 Å². The molecule has 0 atom stereocenters. The number of halogens is 1. The lowest BCUT2D eigenvalue weighted by Gasteiger charge is -2.09. The Kier molecular flexibility index (Phi) is 3.42. The van der Waals surface area contributed by atoms with Crippen LogP contribution in [0.5, 0.6) is 5.75 Å². The van der Waals surface area contributed by atoms with Gasteiger partial charge in [-0.15, -0.1) is 0 Å². The van der Waals surface area contributed by atoms with E-state index in [0.717, 1.165) is 11.6 Å². The maximum absolute atomic E-state index is 13.6. The van der Waals surface area contributed by atoms with E-state index in [2.05, 4.69) is 15.3 Å². The van der Waals surface area contributed by atoms with Crippen molar-refractivity contribution in [1.82, 2.24) is 9.97 Å². The normalized spacial score (nSPS) is 10.8. The van der Waals surface area contributed by atoms with Gasteiger partial charge >= 0.3 is 0 Å². The number of imidazole rings is 1. The summed E-state index contributed by atoms with van der Waals surface area (Å²) in [6.07, 6.45) is 0. The maximum Gasteiger partial charge on any atom is 0.258 e. The minimum atomic E-state index is -0.559. The van der Waals surface area contributed by atoms with Gasteiger partial charge in [-0.05, 0) is 49.0 Å². The number of H-pyrrole nitrogens is 2. The fourth-order valence-electron chi connectivity index (χ4n) is 2.22. The van der Waals surface area contributed by atoms with E-state index in [1.54, 1.807) is 12.1 Å². The molecule has 0 unspecified atom stereocenters. The van der Waals surface area contributed by atoms with Crippen molar-refractivity contribution in [3.05, 3.63) is 52.0 Å². The van der Waals surface area contributed by atoms with E-state index in [-0.39, 0.29) is 17.0 Å². The van der Waals surface area contributed by atoms with Crippen molar-refractivity contribution in [3.63, 3.8) is 0 Å². The molecule has 0 bridgehead atoms. The van der Waals surface area contributed by atoms with E-state index < -0.39 is 11.7 Å². The molecule has 4 N–H and O–H groups in total. The molecule has 0 aliphatic carbocycles. The second-order valence-electron chi connectivity index (χ2n) is 4.93. The standard InChI is InChI=1S/C15H12FN3O2S/c1-7-2-3-10(12(20)4-7)17-14(21)9-5-8(16)6-11-13(9)19-15(22)18-11/h2-6,20H,1H3,(H,17,21)(H2,18,19,22). The van der Waals surface area contributed by atoms with Crippen LogP contribution < -0.4 is 5.32 Å². The van der Waals surface area contributed by atoms with Gasteiger partial charge in [-0.25, -0.2) is 4.39 Å². The van der Waals surface area contributed by atoms with Gasteiger partial charge in [0.05, 0.1) is 22.3 Å². The predicted octanol–water partition coefficient (Wildman–Crippen LogP) is 3.63. The number of aromatic hydroxyl groups is 1. The average molecular weight is 317 g/mol. The molecule has 0 aliphatic rings. The topological polar surface area (TPSA) is 80.9 Å². The smallest absolute Gasteiger partial charge is 0.258 e. The van der Waals surface area contributed by atoms with E-state index in [9.17, 15) is 14.3 Å². The fourth-order valence-corrected chi connectivity index (χ4v) is 2.44. The number of fused-ring (bicyclic) bond motifs is 1. The van der Waals surface area contributed by atoms with Gasteiger partial charge in [0.15, 0.2) is 4.77 Å². The van der Waals surface area contributed by atoms with Crippen LogP contribution in [0.25, 0.3) is 11.0 Å². The SMILES string of the molecule is Cc1ccc(NC(=O)c2cc(F)cc3[nH]c(=S)[nH]c23)c(O)c1. The van der Waals surface area contributed by atoms with Crippen molar-refractivity contribution < 1.29 is 14.3 Å². The lowest BCUT2D eigenvalue weighted by molar-refractivity contribution is 0.102. The van der Waals surface area contributed by atoms with E-state index in [1.807, 2.05) is 6.92 Å². The van der Waals surface area contributed by atoms with Gasteiger partial charge in [0.1, 0.15) is 11.6 Å². The van der Waals surface area contributed by atoms with Gasteiger partial charge in [0.25, 0.3) is 5.91 Å². The molecular weight excluding hydrogens is 305 g/mol. The molecule has 0 fully saturated rings. The summed E-state index contributed by atoms with van der Waals surface area (Å²) in [6.45, 7) is 1.82. The van der Waals surface area contributed by atoms with Crippen molar-refractivity contribution >= 4 is 34.8 Å². The predicted molar refractivity (Wildman–Crippen MR) is 84.2 cm³/mol. The molecule has 3 aromatic rings. The number of rotatable bonds is 2. The van der Waals surface area contributed by atoms with Crippen LogP contribution in [0.15, 0.2) is 30.3 Å². The van der Waals surface area contributed by atoms with Gasteiger partial charge < -0.3 is 20.4 Å². The highest BCUT2D eigenvalue weighted by Gasteiger charge is 2.15. The number of benzene rings is 2. The highest BCUT2D eigenvalue weighted by atomic mass is 32.1. The minimum Gasteiger partial charge on any atom is -0.506 e. The summed E-state index contributed by atoms with van der Waals surface area (Å²) < 4.78 is 13.9. The van der Waals surface area contributed by atoms with Crippen molar-refractivity contribution in [2.45, 2.75) is 6.92 Å². The van der Waals surface area contributed by atoms with Gasteiger partial charge in [-0.3, -0.25) is 4.79 Å². The molecule has 22 heavy (non-hydrogen) atoms. The van der Waals surface area contributed by atoms with Crippen LogP contribution in [-0.4, -0.2) is 21.0 Å². The maximum atomic E-state index is 13.6. The number of aromatic nitrogens is 2. The molecule has 7 heteroatoms. The fraction of sp³-hybridized carbons (Fsp3) is 0.0667. The Balaban J connectivity index is 2.03. The van der Waals surface area contributed by atoms with Crippen LogP contribution in [0.1, 0.15) is 15.9 Å². The lowest BCUT2D eigenvalue weighted by Crippen LogP contribution is -2.13. The molecule has 5 nitrogen and oxygen atoms in total. The molecule has 3 rings (SSSR count). The molecule has 1 heterocycles. The zero-order valence-electron chi connectivity index (χ0n) is 11.5. The second-order valence-corrected chi connectivity index (χ2v) is 5.34. The van der Waals surface area contributed by atoms with Gasteiger partial charge in [0, 0.05) is 0 Å². The van der Waals surface area contributed by atoms with Crippen LogP contribution in [0, 0.1) is 17.5 Å². The molecular formula is C15H12FN3O2S. The Labute approximate surface area is 129 Å². The summed E-state index contributed by atoms with van der Waals surface area (Å²) >= 11 is 4.96. The van der Waals surface area contributed by atoms with Gasteiger partial charge in [-0.2, -0.15) is 0 Å². The van der Waals surface area contributed by atoms with Crippen LogP contribution in [0.4, 0.5) is 10.1 Å². The van der Waals surface area contributed by atoms with Crippen molar-refractivity contribution in [2.75, 3.05) is 5.32 Å². The Hall–Kier alpha value is -2.67. The summed E-state index contributed by atoms with van der Waals surface area (Å²) in [7, 11) is 0. The third kappa shape index (κ3) is 2.58. The number of hydrogen-bond acceptors (Lipinski definition) is 3. The number of aryl methyl sites for hydroxylation is 1. The number of aromatic amines is 2. The first-order valence-electron chi connectivity index (χ1n) is 6.46. The van der Waals surface area contributed by atoms with Crippen LogP contribution >= 0.6 is 12.2 Å². The van der Waals surface area contributed by atoms with Gasteiger partial charge in [-0.1, -0.05) is 6.07 Å². The minimum absolute atomic E-state index is 0.0528. The molecule has 0 spiro atoms. The number of hydrogen-bond donors (Lipinski definition) is 4. The van der Waals surface area contributed by atoms with Crippen molar-refractivity contribution in [3.8, 4) is 5.75 Å². The van der Waals surface area contributed by atoms with E-state index in [4.69, 9.17) is 12.2 Å². The van der Waals surface area contributed by atoms with E-state index >= 15 is 0 Å². The zero-order valence-corrected chi connectivity index (χ0v) is 12.3. The molecule has 0 radical (unpaired) electrons. The molecule has 0 saturated heterocycles. The monoisotopic (exact) mass is 317 g/mol. The van der Waals surface area contributed by atoms with E-state index in [0.29, 0.717) is 15.8 Å². The molecule has 112 valence electrons. The van der Waals surface area contributed by atoms with E-state index in [1.165, 1.54) is 12.1 Å². The number of nitrogens with one attached hydrogen (secondary N) is 3. The largest absolute Gasteiger partial charge is 0.506 e. The third-order valence-electron chi connectivity index (χ3n) is 3.24. The first-order chi connectivity index (χ1) is 10.4. The quantitative estimate of drug-likeness (QED) is 0.430. The summed E-state index contributed by atoms with van der Waals surface area (Å²) in [5.41, 5.74) is 2.03. The summed E-state index contributed by atoms with van der Waals surface area (Å²) in [4.78, 5) is 18.0. The Morgan fingerprint density at radius 3 is 2.77 bits per heavy atom. The highest BCUT2D eigenvalue weighted by Crippen LogP contribution is 2.25. The Morgan fingerprint density at radius 2 is 2.05 bits per heavy atom. The number of carbonyl (C=O) groups excluding carboxylic acids is 1. The second kappa shape index (κ2) is 5.27. The zero-order chi connectivity index (χ0) is 15.9. The molecule has 1 aromatic heterocycles. The summed E-state index contributed by atoms with van der Waals surface area (Å²) in [5, 5.41) is 12.4. The molecule has 0 aliphatic heterocycles. The number of phenolic OH excluding ortho intramolecular Hbond substituents is 1. The number of anilines is 1. The van der Waals surface area contributed by atoms with Gasteiger partial charge in [0.2, 0.25) is 0 Å². The third-order valence-corrected chi connectivity index (χ3v) is 3.44. The lowest BCUT2D eigenvalue weighted by atomic mass is 10.1. The molecule has 1 amide bonds. The molecule has 0 saturated carbocycles. The number of phenols is 1. The summed E-state index contributed by atoms with van der Waals surface area (Å²) in [6, 6.07) is 7.23. The number of amides is 1. The van der Waals surface area contributed by atoms with Crippen molar-refractivity contribution in [1.29, 1.82) is 0 Å². The highest BCUT2D eigenvalue weighted by molar-refractivity contribution is 7.71. The first-order valence-corrected chi connectivity index (χ1v) is 6.87. The average Bonchev–Trinajstić information content (AvgIpc) is 2.80. The van der Waals surface area contributed by atoms with Crippen LogP contribution in [0.3, 0.4) is 0 Å². The first kappa shape index (κ1) is 14.3. The summed E-state index contributed by atoms with van der Waals surface area (Å²) in [5.74, 6) is -1.16. The molecule has 2 aromatic carbocycles. The Morgan fingerprint density at radius 1 is 1.27 bits per heavy atom.